The molecule has 0 radical (unpaired) electrons. The van der Waals surface area contributed by atoms with Gasteiger partial charge in [-0.25, -0.2) is 16.8 Å². The fourth-order valence-corrected chi connectivity index (χ4v) is 7.80. The largest absolute Gasteiger partial charge is 0.379 e. The van der Waals surface area contributed by atoms with Gasteiger partial charge in [0.05, 0.1) is 41.4 Å². The summed E-state index contributed by atoms with van der Waals surface area (Å²) in [5, 5.41) is 4.65. The number of rotatable bonds is 7. The Hall–Kier alpha value is -1.79. The summed E-state index contributed by atoms with van der Waals surface area (Å²) >= 11 is 0. The predicted molar refractivity (Wildman–Crippen MR) is 125 cm³/mol. The Kier molecular flexibility index (Phi) is 6.97. The fraction of sp³-hybridized carbons (Fsp3) is 0.591. The van der Waals surface area contributed by atoms with Crippen LogP contribution in [0, 0.1) is 13.8 Å². The lowest BCUT2D eigenvalue weighted by atomic mass is 10.1. The van der Waals surface area contributed by atoms with Gasteiger partial charge in [-0.3, -0.25) is 9.58 Å². The average molecular weight is 497 g/mol. The third-order valence-corrected chi connectivity index (χ3v) is 10.1. The second-order valence-electron chi connectivity index (χ2n) is 8.99. The van der Waals surface area contributed by atoms with Crippen LogP contribution in [-0.2, 0) is 37.7 Å². The molecule has 33 heavy (non-hydrogen) atoms. The molecule has 2 saturated heterocycles. The Balaban J connectivity index is 1.47. The Labute approximate surface area is 196 Å². The van der Waals surface area contributed by atoms with E-state index in [1.54, 1.807) is 18.2 Å². The molecule has 0 amide bonds. The van der Waals surface area contributed by atoms with Crippen LogP contribution in [0.1, 0.15) is 35.0 Å². The number of ether oxygens (including phenoxy) is 1. The van der Waals surface area contributed by atoms with Crippen LogP contribution in [0.2, 0.25) is 0 Å². The number of benzene rings is 1. The molecule has 4 rings (SSSR count). The van der Waals surface area contributed by atoms with Crippen molar-refractivity contribution in [2.24, 2.45) is 0 Å². The number of hydrogen-bond donors (Lipinski definition) is 0. The predicted octanol–water partition coefficient (Wildman–Crippen LogP) is 1.51. The van der Waals surface area contributed by atoms with Gasteiger partial charge in [0.15, 0.2) is 9.84 Å². The first-order valence-electron chi connectivity index (χ1n) is 11.2. The maximum atomic E-state index is 13.0. The fourth-order valence-electron chi connectivity index (χ4n) is 4.63. The lowest BCUT2D eigenvalue weighted by molar-refractivity contribution is 0.0730. The van der Waals surface area contributed by atoms with Crippen molar-refractivity contribution in [2.45, 2.75) is 44.3 Å². The van der Waals surface area contributed by atoms with E-state index in [9.17, 15) is 16.8 Å². The van der Waals surface area contributed by atoms with Gasteiger partial charge < -0.3 is 4.74 Å². The lowest BCUT2D eigenvalue weighted by Gasteiger charge is -2.26. The molecule has 2 aliphatic heterocycles. The summed E-state index contributed by atoms with van der Waals surface area (Å²) in [5.41, 5.74) is 3.88. The van der Waals surface area contributed by atoms with Crippen molar-refractivity contribution < 1.29 is 21.6 Å². The molecule has 0 N–H and O–H groups in total. The lowest BCUT2D eigenvalue weighted by Crippen LogP contribution is -2.40. The highest BCUT2D eigenvalue weighted by molar-refractivity contribution is 7.91. The van der Waals surface area contributed by atoms with Crippen LogP contribution < -0.4 is 0 Å². The van der Waals surface area contributed by atoms with Crippen LogP contribution >= 0.6 is 0 Å². The van der Waals surface area contributed by atoms with Crippen molar-refractivity contribution >= 4 is 19.9 Å². The van der Waals surface area contributed by atoms with Crippen LogP contribution in [0.5, 0.6) is 0 Å². The molecule has 1 aromatic carbocycles. The summed E-state index contributed by atoms with van der Waals surface area (Å²) in [6.45, 7) is 6.73. The minimum atomic E-state index is -3.54. The van der Waals surface area contributed by atoms with Crippen molar-refractivity contribution in [3.63, 3.8) is 0 Å². The first kappa shape index (κ1) is 24.3. The Morgan fingerprint density at radius 2 is 1.91 bits per heavy atom. The summed E-state index contributed by atoms with van der Waals surface area (Å²) in [5.74, 6) is 0.365. The molecular weight excluding hydrogens is 464 g/mol. The maximum Gasteiger partial charge on any atom is 0.243 e. The maximum absolute atomic E-state index is 13.0. The topological polar surface area (TPSA) is 102 Å². The van der Waals surface area contributed by atoms with E-state index < -0.39 is 19.9 Å². The third kappa shape index (κ3) is 5.32. The van der Waals surface area contributed by atoms with Crippen molar-refractivity contribution in [1.29, 1.82) is 0 Å². The van der Waals surface area contributed by atoms with E-state index in [0.29, 0.717) is 50.7 Å². The molecule has 3 heterocycles. The van der Waals surface area contributed by atoms with Gasteiger partial charge in [0.2, 0.25) is 10.0 Å². The summed E-state index contributed by atoms with van der Waals surface area (Å²) in [6.07, 6.45) is 0.601. The summed E-state index contributed by atoms with van der Waals surface area (Å²) < 4.78 is 58.4. The molecule has 2 fully saturated rings. The van der Waals surface area contributed by atoms with E-state index >= 15 is 0 Å². The number of hydrogen-bond acceptors (Lipinski definition) is 7. The van der Waals surface area contributed by atoms with E-state index in [-0.39, 0.29) is 17.5 Å². The van der Waals surface area contributed by atoms with E-state index in [0.717, 1.165) is 22.5 Å². The van der Waals surface area contributed by atoms with Gasteiger partial charge in [0.25, 0.3) is 0 Å². The molecule has 0 saturated carbocycles. The van der Waals surface area contributed by atoms with Crippen LogP contribution in [0.3, 0.4) is 0 Å². The number of aromatic nitrogens is 2. The average Bonchev–Trinajstić information content (AvgIpc) is 3.27. The standard InChI is InChI=1S/C22H32N4O5S2/c1-17-22(18(2)26(23-17)20-7-12-32(27,28)16-20)15-24(3)14-19-5-4-6-21(13-19)33(29,30)25-8-10-31-11-9-25/h4-6,13,20H,7-12,14-16H2,1-3H3/t20-/m0/s1. The number of sulfone groups is 1. The van der Waals surface area contributed by atoms with Crippen LogP contribution in [-0.4, -0.2) is 80.7 Å². The molecule has 0 bridgehead atoms. The number of nitrogens with zero attached hydrogens (tertiary/aromatic N) is 4. The molecule has 2 aliphatic rings. The minimum absolute atomic E-state index is 0.102. The summed E-state index contributed by atoms with van der Waals surface area (Å²) in [6, 6.07) is 7.00. The van der Waals surface area contributed by atoms with Gasteiger partial charge in [-0.15, -0.1) is 0 Å². The number of morpholine rings is 1. The zero-order valence-corrected chi connectivity index (χ0v) is 21.0. The molecule has 0 unspecified atom stereocenters. The van der Waals surface area contributed by atoms with E-state index in [2.05, 4.69) is 10.00 Å². The van der Waals surface area contributed by atoms with E-state index in [4.69, 9.17) is 4.74 Å². The normalized spacial score (nSPS) is 21.6. The molecule has 1 aromatic heterocycles. The number of aryl methyl sites for hydroxylation is 1. The van der Waals surface area contributed by atoms with Gasteiger partial charge in [-0.05, 0) is 45.0 Å². The monoisotopic (exact) mass is 496 g/mol. The third-order valence-electron chi connectivity index (χ3n) is 6.42. The quantitative estimate of drug-likeness (QED) is 0.573. The summed E-state index contributed by atoms with van der Waals surface area (Å²) in [4.78, 5) is 2.42. The smallest absolute Gasteiger partial charge is 0.243 e. The zero-order valence-electron chi connectivity index (χ0n) is 19.4. The molecule has 9 nitrogen and oxygen atoms in total. The van der Waals surface area contributed by atoms with Gasteiger partial charge in [0.1, 0.15) is 0 Å². The molecule has 2 aromatic rings. The number of sulfonamides is 1. The van der Waals surface area contributed by atoms with Crippen molar-refractivity contribution in [1.82, 2.24) is 19.0 Å². The first-order chi connectivity index (χ1) is 15.6. The second-order valence-corrected chi connectivity index (χ2v) is 13.2. The van der Waals surface area contributed by atoms with Crippen molar-refractivity contribution in [3.05, 3.63) is 46.8 Å². The van der Waals surface area contributed by atoms with Crippen LogP contribution in [0.15, 0.2) is 29.2 Å². The van der Waals surface area contributed by atoms with Gasteiger partial charge in [0, 0.05) is 37.4 Å². The van der Waals surface area contributed by atoms with Gasteiger partial charge in [-0.1, -0.05) is 12.1 Å². The minimum Gasteiger partial charge on any atom is -0.379 e. The Morgan fingerprint density at radius 1 is 1.18 bits per heavy atom. The highest BCUT2D eigenvalue weighted by atomic mass is 32.2. The van der Waals surface area contributed by atoms with Crippen molar-refractivity contribution in [2.75, 3.05) is 44.9 Å². The highest BCUT2D eigenvalue weighted by Crippen LogP contribution is 2.27. The second kappa shape index (κ2) is 9.46. The first-order valence-corrected chi connectivity index (χ1v) is 14.4. The molecule has 11 heteroatoms. The Morgan fingerprint density at radius 3 is 2.58 bits per heavy atom. The zero-order chi connectivity index (χ0) is 23.8. The van der Waals surface area contributed by atoms with Crippen LogP contribution in [0.4, 0.5) is 0 Å². The van der Waals surface area contributed by atoms with Gasteiger partial charge in [-0.2, -0.15) is 9.40 Å². The molecule has 182 valence electrons. The van der Waals surface area contributed by atoms with Crippen molar-refractivity contribution in [3.8, 4) is 0 Å². The molecule has 0 spiro atoms. The molecule has 0 aliphatic carbocycles. The SMILES string of the molecule is Cc1nn([C@H]2CCS(=O)(=O)C2)c(C)c1CN(C)Cc1cccc(S(=O)(=O)N2CCOCC2)c1. The molecular formula is C22H32N4O5S2. The van der Waals surface area contributed by atoms with E-state index in [1.807, 2.05) is 31.6 Å². The summed E-state index contributed by atoms with van der Waals surface area (Å²) in [7, 11) is -4.53. The Bertz CT molecular complexity index is 1220. The van der Waals surface area contributed by atoms with Crippen LogP contribution in [0.25, 0.3) is 0 Å². The van der Waals surface area contributed by atoms with E-state index in [1.165, 1.54) is 4.31 Å². The highest BCUT2D eigenvalue weighted by Gasteiger charge is 2.31. The van der Waals surface area contributed by atoms with Gasteiger partial charge >= 0.3 is 0 Å². The molecule has 1 atom stereocenters.